The summed E-state index contributed by atoms with van der Waals surface area (Å²) in [5.41, 5.74) is -1.31. The van der Waals surface area contributed by atoms with Crippen LogP contribution < -0.4 is 20.7 Å². The molecule has 4 N–H and O–H groups in total. The number of rotatable bonds is 5. The summed E-state index contributed by atoms with van der Waals surface area (Å²) in [5, 5.41) is 8.78. The maximum Gasteiger partial charge on any atom is 0.410 e. The van der Waals surface area contributed by atoms with Crippen LogP contribution in [0.2, 0.25) is 0 Å². The summed E-state index contributed by atoms with van der Waals surface area (Å²) >= 11 is 0. The molecule has 17 nitrogen and oxygen atoms in total. The molecule has 1 aromatic rings. The number of carbonyl (C=O) groups excluding carboxylic acids is 5. The molecule has 59 heavy (non-hydrogen) atoms. The van der Waals surface area contributed by atoms with Crippen LogP contribution in [0.4, 0.5) is 15.3 Å². The number of anilines is 1. The summed E-state index contributed by atoms with van der Waals surface area (Å²) in [5.74, 6) is -2.78. The van der Waals surface area contributed by atoms with E-state index in [1.54, 1.807) is 23.1 Å². The molecule has 0 bridgehead atoms. The Morgan fingerprint density at radius 2 is 1.63 bits per heavy atom. The Balaban J connectivity index is 1.13. The van der Waals surface area contributed by atoms with Crippen LogP contribution in [0.15, 0.2) is 41.8 Å². The van der Waals surface area contributed by atoms with Gasteiger partial charge in [-0.1, -0.05) is 43.9 Å². The van der Waals surface area contributed by atoms with E-state index in [1.807, 2.05) is 0 Å². The molecule has 1 aromatic carbocycles. The van der Waals surface area contributed by atoms with Crippen molar-refractivity contribution in [1.29, 1.82) is 0 Å². The monoisotopic (exact) mass is 841 g/mol. The zero-order chi connectivity index (χ0) is 41.6. The van der Waals surface area contributed by atoms with Crippen LogP contribution in [0, 0.1) is 5.92 Å². The third-order valence-corrected chi connectivity index (χ3v) is 14.1. The van der Waals surface area contributed by atoms with Crippen molar-refractivity contribution in [2.45, 2.75) is 124 Å². The van der Waals surface area contributed by atoms with E-state index in [0.717, 1.165) is 70.9 Å². The average molecular weight is 842 g/mol. The van der Waals surface area contributed by atoms with Crippen molar-refractivity contribution in [3.05, 3.63) is 36.9 Å². The number of sulfonamides is 1. The molecular formula is C41H59N7O10S. The number of para-hydroxylation sites is 1. The van der Waals surface area contributed by atoms with E-state index in [1.165, 1.54) is 17.0 Å². The quantitative estimate of drug-likeness (QED) is 0.316. The molecule has 3 saturated heterocycles. The summed E-state index contributed by atoms with van der Waals surface area (Å²) in [4.78, 5) is 75.0. The minimum Gasteiger partial charge on any atom is -0.446 e. The van der Waals surface area contributed by atoms with Crippen LogP contribution >= 0.6 is 0 Å². The molecule has 4 heterocycles. The summed E-state index contributed by atoms with van der Waals surface area (Å²) in [6.07, 6.45) is 7.38. The van der Waals surface area contributed by atoms with Crippen molar-refractivity contribution < 1.29 is 46.6 Å². The number of nitrogens with zero attached hydrogens (tertiary/aromatic N) is 3. The van der Waals surface area contributed by atoms with Gasteiger partial charge in [-0.05, 0) is 63.5 Å². The molecule has 2 aliphatic carbocycles. The Morgan fingerprint density at radius 3 is 2.39 bits per heavy atom. The van der Waals surface area contributed by atoms with Gasteiger partial charge in [-0.3, -0.25) is 19.3 Å². The van der Waals surface area contributed by atoms with Gasteiger partial charge in [0.1, 0.15) is 34.7 Å². The highest BCUT2D eigenvalue weighted by Gasteiger charge is 2.61. The van der Waals surface area contributed by atoms with Crippen LogP contribution in [0.25, 0.3) is 0 Å². The molecule has 0 aromatic heterocycles. The summed E-state index contributed by atoms with van der Waals surface area (Å²) in [6, 6.07) is 4.26. The second-order valence-corrected chi connectivity index (χ2v) is 18.4. The summed E-state index contributed by atoms with van der Waals surface area (Å²) in [7, 11) is -4.39. The third-order valence-electron chi connectivity index (χ3n) is 12.7. The van der Waals surface area contributed by atoms with Crippen LogP contribution in [-0.2, 0) is 38.6 Å². The van der Waals surface area contributed by atoms with Crippen molar-refractivity contribution in [3.63, 3.8) is 0 Å². The summed E-state index contributed by atoms with van der Waals surface area (Å²) in [6.45, 7) is 8.02. The Hall–Kier alpha value is -4.42. The maximum atomic E-state index is 14.6. The lowest BCUT2D eigenvalue weighted by Gasteiger charge is -2.32. The van der Waals surface area contributed by atoms with Crippen molar-refractivity contribution in [3.8, 4) is 0 Å². The second-order valence-electron chi connectivity index (χ2n) is 16.7. The minimum atomic E-state index is -4.39. The fourth-order valence-corrected chi connectivity index (χ4v) is 10.4. The van der Waals surface area contributed by atoms with Gasteiger partial charge >= 0.3 is 12.2 Å². The van der Waals surface area contributed by atoms with E-state index in [2.05, 4.69) is 32.2 Å². The Kier molecular flexibility index (Phi) is 13.7. The van der Waals surface area contributed by atoms with Crippen molar-refractivity contribution in [1.82, 2.24) is 30.1 Å². The van der Waals surface area contributed by atoms with E-state index in [-0.39, 0.29) is 36.4 Å². The first-order chi connectivity index (χ1) is 28.5. The van der Waals surface area contributed by atoms with Gasteiger partial charge in [0.15, 0.2) is 0 Å². The zero-order valence-corrected chi connectivity index (χ0v) is 34.6. The van der Waals surface area contributed by atoms with Gasteiger partial charge in [0.25, 0.3) is 15.9 Å². The SMILES string of the molecule is C=C[C@@H]1C[C@@]12NC(=O)[C@@H]1C[C@@H](OC(=O)N3CCC(N4CCOCC4)C3)CN1C(=O)[C@@H](NC(=O)OC1CCCC1)CCCCCCCNc1ccccc1S(=O)(=O)NC2=O. The molecule has 5 fully saturated rings. The lowest BCUT2D eigenvalue weighted by molar-refractivity contribution is -0.141. The van der Waals surface area contributed by atoms with Gasteiger partial charge in [0.05, 0.1) is 25.4 Å². The fourth-order valence-electron chi connectivity index (χ4n) is 9.21. The standard InChI is InChI=1S/C41H59N7O10S/c1-2-28-25-41(28)38(51)45-59(54,55)35-16-10-9-14-32(35)42-18-11-5-3-4-6-15-33(43-39(52)57-30-12-7-8-13-30)37(50)48-27-31(24-34(48)36(49)44-41)58-40(53)47-19-17-29(26-47)46-20-22-56-23-21-46/h2,9-10,14,16,28-31,33-34,42H,1,3-8,11-13,15,17-27H2,(H,43,52)(H,44,49)(H,45,51)/t28-,29?,31-,33+,34+,41-/m1/s1. The zero-order valence-electron chi connectivity index (χ0n) is 33.7. The highest BCUT2D eigenvalue weighted by molar-refractivity contribution is 7.90. The predicted molar refractivity (Wildman–Crippen MR) is 216 cm³/mol. The molecular weight excluding hydrogens is 783 g/mol. The molecule has 18 heteroatoms. The van der Waals surface area contributed by atoms with E-state index >= 15 is 0 Å². The van der Waals surface area contributed by atoms with E-state index < -0.39 is 69.6 Å². The molecule has 1 unspecified atom stereocenters. The fraction of sp³-hybridized carbons (Fsp3) is 0.683. The highest BCUT2D eigenvalue weighted by Crippen LogP contribution is 2.45. The number of benzene rings is 1. The van der Waals surface area contributed by atoms with Gasteiger partial charge in [-0.2, -0.15) is 0 Å². The number of hydrogen-bond donors (Lipinski definition) is 4. The topological polar surface area (TPSA) is 205 Å². The average Bonchev–Trinajstić information content (AvgIpc) is 3.67. The van der Waals surface area contributed by atoms with Gasteiger partial charge in [0.2, 0.25) is 11.8 Å². The van der Waals surface area contributed by atoms with Crippen LogP contribution in [0.5, 0.6) is 0 Å². The molecule has 5 amide bonds. The summed E-state index contributed by atoms with van der Waals surface area (Å²) < 4.78 is 46.8. The van der Waals surface area contributed by atoms with Crippen molar-refractivity contribution in [2.75, 3.05) is 57.8 Å². The van der Waals surface area contributed by atoms with Crippen molar-refractivity contribution >= 4 is 45.6 Å². The lowest BCUT2D eigenvalue weighted by atomic mass is 10.0. The first-order valence-corrected chi connectivity index (χ1v) is 22.9. The second kappa shape index (κ2) is 18.9. The molecule has 4 aliphatic heterocycles. The Morgan fingerprint density at radius 1 is 0.898 bits per heavy atom. The van der Waals surface area contributed by atoms with Gasteiger partial charge in [0, 0.05) is 51.1 Å². The van der Waals surface area contributed by atoms with Crippen LogP contribution in [-0.4, -0.2) is 141 Å². The first-order valence-electron chi connectivity index (χ1n) is 21.4. The van der Waals surface area contributed by atoms with Crippen LogP contribution in [0.3, 0.4) is 0 Å². The number of morpholine rings is 1. The lowest BCUT2D eigenvalue weighted by Crippen LogP contribution is -2.58. The molecule has 1 spiro atoms. The number of likely N-dealkylation sites (tertiary alicyclic amines) is 1. The number of carbonyl (C=O) groups is 5. The van der Waals surface area contributed by atoms with Gasteiger partial charge in [-0.25, -0.2) is 22.7 Å². The Labute approximate surface area is 346 Å². The van der Waals surface area contributed by atoms with Crippen LogP contribution in [0.1, 0.15) is 83.5 Å². The Bertz CT molecular complexity index is 1840. The molecule has 7 rings (SSSR count). The number of amides is 5. The highest BCUT2D eigenvalue weighted by atomic mass is 32.2. The molecule has 6 aliphatic rings. The smallest absolute Gasteiger partial charge is 0.410 e. The number of nitrogens with one attached hydrogen (secondary N) is 4. The van der Waals surface area contributed by atoms with Gasteiger partial charge < -0.3 is 40.0 Å². The number of ether oxygens (including phenoxy) is 3. The first kappa shape index (κ1) is 42.7. The van der Waals surface area contributed by atoms with E-state index in [0.29, 0.717) is 51.4 Å². The predicted octanol–water partition coefficient (Wildman–Crippen LogP) is 2.87. The normalized spacial score (nSPS) is 31.3. The maximum absolute atomic E-state index is 14.6. The number of hydrogen-bond acceptors (Lipinski definition) is 12. The molecule has 2 saturated carbocycles. The number of fused-ring (bicyclic) bond motifs is 2. The largest absolute Gasteiger partial charge is 0.446 e. The van der Waals surface area contributed by atoms with E-state index in [4.69, 9.17) is 14.2 Å². The minimum absolute atomic E-state index is 0.0723. The third kappa shape index (κ3) is 10.1. The number of alkyl carbamates (subject to hydrolysis) is 1. The molecule has 324 valence electrons. The molecule has 0 radical (unpaired) electrons. The van der Waals surface area contributed by atoms with E-state index in [9.17, 15) is 32.4 Å². The molecule has 6 atom stereocenters. The van der Waals surface area contributed by atoms with Gasteiger partial charge in [-0.15, -0.1) is 6.58 Å². The van der Waals surface area contributed by atoms with Crippen molar-refractivity contribution in [2.24, 2.45) is 5.92 Å².